The van der Waals surface area contributed by atoms with E-state index in [9.17, 15) is 29.4 Å². The van der Waals surface area contributed by atoms with Crippen molar-refractivity contribution in [3.05, 3.63) is 0 Å². The average molecular weight is 432 g/mol. The highest BCUT2D eigenvalue weighted by molar-refractivity contribution is 5.93. The molecule has 0 aromatic carbocycles. The minimum atomic E-state index is -1.19. The van der Waals surface area contributed by atoms with Gasteiger partial charge < -0.3 is 37.6 Å². The smallest absolute Gasteiger partial charge is 0.326 e. The van der Waals surface area contributed by atoms with Gasteiger partial charge in [0.2, 0.25) is 17.7 Å². The van der Waals surface area contributed by atoms with Gasteiger partial charge in [-0.1, -0.05) is 13.8 Å². The molecule has 0 aromatic heterocycles. The molecular weight excluding hydrogens is 394 g/mol. The maximum atomic E-state index is 12.6. The molecule has 0 aliphatic carbocycles. The van der Waals surface area contributed by atoms with E-state index in [4.69, 9.17) is 11.5 Å². The average Bonchev–Trinajstić information content (AvgIpc) is 2.65. The molecule has 9 N–H and O–H groups in total. The molecule has 0 saturated heterocycles. The van der Waals surface area contributed by atoms with E-state index in [-0.39, 0.29) is 18.8 Å². The molecule has 0 bridgehead atoms. The number of amides is 3. The molecule has 0 heterocycles. The molecule has 0 saturated carbocycles. The summed E-state index contributed by atoms with van der Waals surface area (Å²) in [5.41, 5.74) is 10.9. The van der Waals surface area contributed by atoms with Crippen LogP contribution in [0.1, 0.15) is 53.4 Å². The predicted molar refractivity (Wildman–Crippen MR) is 111 cm³/mol. The maximum Gasteiger partial charge on any atom is 0.326 e. The van der Waals surface area contributed by atoms with Gasteiger partial charge >= 0.3 is 5.97 Å². The molecule has 0 aliphatic rings. The molecule has 0 rings (SSSR count). The van der Waals surface area contributed by atoms with Crippen molar-refractivity contribution in [3.63, 3.8) is 0 Å². The van der Waals surface area contributed by atoms with Crippen LogP contribution in [0.5, 0.6) is 0 Å². The third kappa shape index (κ3) is 10.5. The van der Waals surface area contributed by atoms with Crippen LogP contribution in [0.4, 0.5) is 0 Å². The minimum absolute atomic E-state index is 0.0372. The van der Waals surface area contributed by atoms with Gasteiger partial charge in [-0.05, 0) is 52.0 Å². The fraction of sp³-hybridized carbons (Fsp3) is 0.789. The summed E-state index contributed by atoms with van der Waals surface area (Å²) in [5, 5.41) is 26.1. The molecule has 0 spiro atoms. The second-order valence-corrected chi connectivity index (χ2v) is 7.87. The van der Waals surface area contributed by atoms with Crippen molar-refractivity contribution in [1.29, 1.82) is 0 Å². The molecule has 0 fully saturated rings. The molecule has 30 heavy (non-hydrogen) atoms. The van der Waals surface area contributed by atoms with Gasteiger partial charge in [-0.2, -0.15) is 0 Å². The van der Waals surface area contributed by atoms with Crippen molar-refractivity contribution in [2.45, 2.75) is 83.6 Å². The van der Waals surface area contributed by atoms with Gasteiger partial charge in [0, 0.05) is 0 Å². The third-order valence-corrected chi connectivity index (χ3v) is 4.48. The summed E-state index contributed by atoms with van der Waals surface area (Å²) in [7, 11) is 0. The summed E-state index contributed by atoms with van der Waals surface area (Å²) in [6.07, 6.45) is 0.594. The Hall–Kier alpha value is -2.24. The first-order valence-electron chi connectivity index (χ1n) is 10.2. The van der Waals surface area contributed by atoms with E-state index in [0.717, 1.165) is 0 Å². The fourth-order valence-electron chi connectivity index (χ4n) is 2.62. The van der Waals surface area contributed by atoms with Gasteiger partial charge in [0.15, 0.2) is 0 Å². The number of aliphatic hydroxyl groups is 1. The molecule has 3 amide bonds. The molecule has 11 nitrogen and oxygen atoms in total. The lowest BCUT2D eigenvalue weighted by Crippen LogP contribution is -2.57. The van der Waals surface area contributed by atoms with Gasteiger partial charge in [-0.15, -0.1) is 0 Å². The van der Waals surface area contributed by atoms with Gasteiger partial charge in [-0.25, -0.2) is 4.79 Å². The minimum Gasteiger partial charge on any atom is -0.480 e. The van der Waals surface area contributed by atoms with Crippen LogP contribution in [0.25, 0.3) is 0 Å². The number of aliphatic hydroxyl groups excluding tert-OH is 1. The van der Waals surface area contributed by atoms with Crippen molar-refractivity contribution in [2.24, 2.45) is 17.4 Å². The lowest BCUT2D eigenvalue weighted by atomic mass is 10.0. The van der Waals surface area contributed by atoms with Crippen LogP contribution in [-0.2, 0) is 19.2 Å². The van der Waals surface area contributed by atoms with E-state index < -0.39 is 54.0 Å². The molecule has 5 atom stereocenters. The first-order chi connectivity index (χ1) is 13.9. The summed E-state index contributed by atoms with van der Waals surface area (Å²) in [4.78, 5) is 48.5. The Kier molecular flexibility index (Phi) is 12.8. The lowest BCUT2D eigenvalue weighted by molar-refractivity contribution is -0.142. The van der Waals surface area contributed by atoms with E-state index in [1.165, 1.54) is 13.8 Å². The Morgan fingerprint density at radius 1 is 0.867 bits per heavy atom. The van der Waals surface area contributed by atoms with E-state index in [1.54, 1.807) is 0 Å². The zero-order valence-electron chi connectivity index (χ0n) is 18.2. The molecule has 0 aliphatic heterocycles. The van der Waals surface area contributed by atoms with Gasteiger partial charge in [0.25, 0.3) is 0 Å². The molecule has 0 aromatic rings. The molecule has 174 valence electrons. The van der Waals surface area contributed by atoms with Crippen LogP contribution < -0.4 is 27.4 Å². The number of carboxylic acids is 1. The Morgan fingerprint density at radius 3 is 1.90 bits per heavy atom. The van der Waals surface area contributed by atoms with E-state index in [1.807, 2.05) is 13.8 Å². The quantitative estimate of drug-likeness (QED) is 0.160. The van der Waals surface area contributed by atoms with Gasteiger partial charge in [-0.3, -0.25) is 14.4 Å². The summed E-state index contributed by atoms with van der Waals surface area (Å²) in [5.74, 6) is -3.07. The highest BCUT2D eigenvalue weighted by Gasteiger charge is 2.29. The number of nitrogens with two attached hydrogens (primary N) is 2. The van der Waals surface area contributed by atoms with Crippen molar-refractivity contribution in [3.8, 4) is 0 Å². The van der Waals surface area contributed by atoms with E-state index >= 15 is 0 Å². The zero-order valence-corrected chi connectivity index (χ0v) is 18.2. The topological polar surface area (TPSA) is 197 Å². The Morgan fingerprint density at radius 2 is 1.43 bits per heavy atom. The van der Waals surface area contributed by atoms with Crippen LogP contribution in [0.15, 0.2) is 0 Å². The number of unbranched alkanes of at least 4 members (excludes halogenated alkanes) is 1. The predicted octanol–water partition coefficient (Wildman–Crippen LogP) is -1.57. The van der Waals surface area contributed by atoms with Crippen molar-refractivity contribution in [1.82, 2.24) is 16.0 Å². The number of carbonyl (C=O) groups is 4. The molecule has 11 heteroatoms. The number of hydrogen-bond donors (Lipinski definition) is 7. The maximum absolute atomic E-state index is 12.6. The van der Waals surface area contributed by atoms with Crippen LogP contribution in [0.3, 0.4) is 0 Å². The number of nitrogens with one attached hydrogen (secondary N) is 3. The van der Waals surface area contributed by atoms with E-state index in [0.29, 0.717) is 19.4 Å². The number of rotatable bonds is 14. The Balaban J connectivity index is 5.08. The summed E-state index contributed by atoms with van der Waals surface area (Å²) >= 11 is 0. The zero-order chi connectivity index (χ0) is 23.4. The molecular formula is C19H37N5O6. The molecule has 0 radical (unpaired) electrons. The lowest BCUT2D eigenvalue weighted by Gasteiger charge is -2.25. The first-order valence-corrected chi connectivity index (χ1v) is 10.2. The number of carboxylic acid groups (broad SMARTS) is 1. The number of carbonyl (C=O) groups excluding carboxylic acids is 3. The summed E-state index contributed by atoms with van der Waals surface area (Å²) < 4.78 is 0. The number of hydrogen-bond acceptors (Lipinski definition) is 7. The van der Waals surface area contributed by atoms with Crippen LogP contribution in [0, 0.1) is 5.92 Å². The summed E-state index contributed by atoms with van der Waals surface area (Å²) in [6.45, 7) is 6.91. The number of aliphatic carboxylic acids is 1. The van der Waals surface area contributed by atoms with E-state index in [2.05, 4.69) is 16.0 Å². The standard InChI is InChI=1S/C19H37N5O6/c1-10(2)9-14(17(27)23-13(19(29)30)7-5-6-8-20)24-16(26)11(3)22-18(28)15(21)12(4)25/h10-15,25H,5-9,20-21H2,1-4H3,(H,22,28)(H,23,27)(H,24,26)(H,29,30). The van der Waals surface area contributed by atoms with Crippen LogP contribution in [0.2, 0.25) is 0 Å². The van der Waals surface area contributed by atoms with Crippen molar-refractivity contribution in [2.75, 3.05) is 6.54 Å². The Labute approximate surface area is 177 Å². The Bertz CT molecular complexity index is 584. The second-order valence-electron chi connectivity index (χ2n) is 7.87. The van der Waals surface area contributed by atoms with Crippen molar-refractivity contribution < 1.29 is 29.4 Å². The highest BCUT2D eigenvalue weighted by atomic mass is 16.4. The van der Waals surface area contributed by atoms with Gasteiger partial charge in [0.05, 0.1) is 6.10 Å². The monoisotopic (exact) mass is 431 g/mol. The van der Waals surface area contributed by atoms with Gasteiger partial charge in [0.1, 0.15) is 24.2 Å². The van der Waals surface area contributed by atoms with Crippen LogP contribution in [-0.4, -0.2) is 70.7 Å². The second kappa shape index (κ2) is 13.9. The highest BCUT2D eigenvalue weighted by Crippen LogP contribution is 2.08. The SMILES string of the molecule is CC(C)CC(NC(=O)C(C)NC(=O)C(N)C(C)O)C(=O)NC(CCCCN)C(=O)O. The summed E-state index contributed by atoms with van der Waals surface area (Å²) in [6, 6.07) is -4.26. The fourth-order valence-corrected chi connectivity index (χ4v) is 2.62. The normalized spacial score (nSPS) is 16.1. The van der Waals surface area contributed by atoms with Crippen molar-refractivity contribution >= 4 is 23.7 Å². The largest absolute Gasteiger partial charge is 0.480 e. The first kappa shape index (κ1) is 27.8. The van der Waals surface area contributed by atoms with Crippen LogP contribution >= 0.6 is 0 Å². The third-order valence-electron chi connectivity index (χ3n) is 4.48. The molecule has 5 unspecified atom stereocenters.